The van der Waals surface area contributed by atoms with Crippen molar-refractivity contribution in [3.8, 4) is 11.3 Å². The van der Waals surface area contributed by atoms with Gasteiger partial charge in [0, 0.05) is 37.6 Å². The molecule has 0 bridgehead atoms. The van der Waals surface area contributed by atoms with Gasteiger partial charge in [-0.2, -0.15) is 5.10 Å². The van der Waals surface area contributed by atoms with E-state index in [0.717, 1.165) is 17.8 Å². The Balaban J connectivity index is 1.52. The van der Waals surface area contributed by atoms with Crippen LogP contribution in [-0.4, -0.2) is 57.6 Å². The van der Waals surface area contributed by atoms with Crippen molar-refractivity contribution in [2.75, 3.05) is 26.7 Å². The molecule has 6 heteroatoms. The molecule has 3 heterocycles. The minimum Gasteiger partial charge on any atom is -0.334 e. The zero-order valence-electron chi connectivity index (χ0n) is 14.7. The lowest BCUT2D eigenvalue weighted by atomic mass is 10.0. The van der Waals surface area contributed by atoms with Gasteiger partial charge in [-0.3, -0.25) is 19.8 Å². The zero-order chi connectivity index (χ0) is 17.9. The number of hydrogen-bond acceptors (Lipinski definition) is 4. The fraction of sp³-hybridized carbons (Fsp3) is 0.250. The first-order chi connectivity index (χ1) is 12.7. The molecule has 6 nitrogen and oxygen atoms in total. The summed E-state index contributed by atoms with van der Waals surface area (Å²) in [6, 6.07) is 16.1. The Bertz CT molecular complexity index is 877. The number of likely N-dealkylation sites (N-methyl/N-ethyl adjacent to an activating group) is 1. The highest BCUT2D eigenvalue weighted by Crippen LogP contribution is 2.25. The van der Waals surface area contributed by atoms with E-state index in [1.807, 2.05) is 35.2 Å². The number of aromatic nitrogens is 3. The van der Waals surface area contributed by atoms with E-state index < -0.39 is 0 Å². The fourth-order valence-corrected chi connectivity index (χ4v) is 3.36. The van der Waals surface area contributed by atoms with E-state index in [2.05, 4.69) is 39.3 Å². The van der Waals surface area contributed by atoms with E-state index in [9.17, 15) is 4.79 Å². The lowest BCUT2D eigenvalue weighted by Crippen LogP contribution is -2.49. The van der Waals surface area contributed by atoms with Crippen LogP contribution in [0, 0.1) is 0 Å². The summed E-state index contributed by atoms with van der Waals surface area (Å²) in [5, 5.41) is 7.16. The molecule has 3 aromatic rings. The van der Waals surface area contributed by atoms with Crippen LogP contribution in [0.1, 0.15) is 22.1 Å². The topological polar surface area (TPSA) is 65.1 Å². The summed E-state index contributed by atoms with van der Waals surface area (Å²) in [5.74, 6) is -0.0123. The standard InChI is InChI=1S/C20H21N5O/c1-24-10-11-25(14-19(24)15-6-3-2-4-7-15)20(26)18-12-17(22-23-18)16-8-5-9-21-13-16/h2-9,12-13,19H,10-11,14H2,1H3,(H,22,23)/t19-/m1/s1. The van der Waals surface area contributed by atoms with E-state index in [4.69, 9.17) is 0 Å². The molecular formula is C20H21N5O. The van der Waals surface area contributed by atoms with Gasteiger partial charge in [-0.15, -0.1) is 0 Å². The van der Waals surface area contributed by atoms with Crippen LogP contribution in [-0.2, 0) is 0 Å². The highest BCUT2D eigenvalue weighted by Gasteiger charge is 2.29. The summed E-state index contributed by atoms with van der Waals surface area (Å²) >= 11 is 0. The maximum Gasteiger partial charge on any atom is 0.271 e. The third kappa shape index (κ3) is 3.23. The van der Waals surface area contributed by atoms with Gasteiger partial charge in [0.1, 0.15) is 5.69 Å². The Hall–Kier alpha value is -2.99. The lowest BCUT2D eigenvalue weighted by molar-refractivity contribution is 0.0540. The van der Waals surface area contributed by atoms with Crippen molar-refractivity contribution >= 4 is 5.91 Å². The largest absolute Gasteiger partial charge is 0.334 e. The van der Waals surface area contributed by atoms with Gasteiger partial charge >= 0.3 is 0 Å². The predicted molar refractivity (Wildman–Crippen MR) is 99.5 cm³/mol. The van der Waals surface area contributed by atoms with E-state index in [1.165, 1.54) is 5.56 Å². The molecule has 4 rings (SSSR count). The fourth-order valence-electron chi connectivity index (χ4n) is 3.36. The van der Waals surface area contributed by atoms with E-state index in [-0.39, 0.29) is 11.9 Å². The summed E-state index contributed by atoms with van der Waals surface area (Å²) in [6.07, 6.45) is 3.46. The van der Waals surface area contributed by atoms with Crippen molar-refractivity contribution < 1.29 is 4.79 Å². The molecule has 1 saturated heterocycles. The van der Waals surface area contributed by atoms with Gasteiger partial charge in [0.05, 0.1) is 11.7 Å². The van der Waals surface area contributed by atoms with Gasteiger partial charge in [-0.1, -0.05) is 30.3 Å². The molecular weight excluding hydrogens is 326 g/mol. The SMILES string of the molecule is CN1CCN(C(=O)c2cc(-c3cccnc3)n[nH]2)C[C@@H]1c1ccccc1. The van der Waals surface area contributed by atoms with Crippen molar-refractivity contribution in [3.63, 3.8) is 0 Å². The summed E-state index contributed by atoms with van der Waals surface area (Å²) in [7, 11) is 2.11. The number of carbonyl (C=O) groups excluding carboxylic acids is 1. The molecule has 1 aliphatic rings. The molecule has 1 aromatic carbocycles. The molecule has 0 radical (unpaired) electrons. The number of piperazine rings is 1. The minimum atomic E-state index is -0.0123. The molecule has 0 unspecified atom stereocenters. The van der Waals surface area contributed by atoms with Crippen LogP contribution in [0.4, 0.5) is 0 Å². The lowest BCUT2D eigenvalue weighted by Gasteiger charge is -2.39. The van der Waals surface area contributed by atoms with Crippen molar-refractivity contribution in [3.05, 3.63) is 72.2 Å². The molecule has 0 spiro atoms. The smallest absolute Gasteiger partial charge is 0.271 e. The van der Waals surface area contributed by atoms with Crippen LogP contribution in [0.15, 0.2) is 60.9 Å². The number of hydrogen-bond donors (Lipinski definition) is 1. The average Bonchev–Trinajstić information content (AvgIpc) is 3.19. The van der Waals surface area contributed by atoms with E-state index in [0.29, 0.717) is 18.8 Å². The number of aromatic amines is 1. The first kappa shape index (κ1) is 16.5. The number of amides is 1. The number of benzene rings is 1. The quantitative estimate of drug-likeness (QED) is 0.791. The third-order valence-corrected chi connectivity index (χ3v) is 4.89. The summed E-state index contributed by atoms with van der Waals surface area (Å²) in [4.78, 5) is 21.3. The van der Waals surface area contributed by atoms with Gasteiger partial charge in [0.15, 0.2) is 0 Å². The maximum absolute atomic E-state index is 12.9. The Morgan fingerprint density at radius 3 is 2.77 bits per heavy atom. The number of nitrogens with zero attached hydrogens (tertiary/aromatic N) is 4. The normalized spacial score (nSPS) is 18.0. The summed E-state index contributed by atoms with van der Waals surface area (Å²) < 4.78 is 0. The first-order valence-corrected chi connectivity index (χ1v) is 8.72. The van der Waals surface area contributed by atoms with Crippen LogP contribution in [0.5, 0.6) is 0 Å². The van der Waals surface area contributed by atoms with Gasteiger partial charge in [-0.05, 0) is 30.8 Å². The number of rotatable bonds is 3. The molecule has 2 aromatic heterocycles. The third-order valence-electron chi connectivity index (χ3n) is 4.89. The molecule has 26 heavy (non-hydrogen) atoms. The first-order valence-electron chi connectivity index (χ1n) is 8.72. The Morgan fingerprint density at radius 2 is 2.00 bits per heavy atom. The Labute approximate surface area is 152 Å². The van der Waals surface area contributed by atoms with Crippen molar-refractivity contribution in [1.29, 1.82) is 0 Å². The zero-order valence-corrected chi connectivity index (χ0v) is 14.7. The number of nitrogens with one attached hydrogen (secondary N) is 1. The number of pyridine rings is 1. The van der Waals surface area contributed by atoms with Crippen LogP contribution >= 0.6 is 0 Å². The number of carbonyl (C=O) groups is 1. The highest BCUT2D eigenvalue weighted by atomic mass is 16.2. The van der Waals surface area contributed by atoms with Gasteiger partial charge in [-0.25, -0.2) is 0 Å². The monoisotopic (exact) mass is 347 g/mol. The van der Waals surface area contributed by atoms with E-state index in [1.54, 1.807) is 18.5 Å². The molecule has 1 atom stereocenters. The Morgan fingerprint density at radius 1 is 1.15 bits per heavy atom. The van der Waals surface area contributed by atoms with Gasteiger partial charge < -0.3 is 4.90 Å². The van der Waals surface area contributed by atoms with Crippen molar-refractivity contribution in [2.45, 2.75) is 6.04 Å². The van der Waals surface area contributed by atoms with Crippen LogP contribution < -0.4 is 0 Å². The second-order valence-corrected chi connectivity index (χ2v) is 6.57. The highest BCUT2D eigenvalue weighted by molar-refractivity contribution is 5.93. The average molecular weight is 347 g/mol. The van der Waals surface area contributed by atoms with Crippen molar-refractivity contribution in [2.24, 2.45) is 0 Å². The second-order valence-electron chi connectivity index (χ2n) is 6.57. The van der Waals surface area contributed by atoms with Crippen LogP contribution in [0.3, 0.4) is 0 Å². The van der Waals surface area contributed by atoms with Crippen molar-refractivity contribution in [1.82, 2.24) is 25.0 Å². The van der Waals surface area contributed by atoms with Crippen LogP contribution in [0.2, 0.25) is 0 Å². The Kier molecular flexibility index (Phi) is 4.50. The van der Waals surface area contributed by atoms with Crippen LogP contribution in [0.25, 0.3) is 11.3 Å². The molecule has 132 valence electrons. The predicted octanol–water partition coefficient (Wildman–Crippen LogP) is 2.60. The maximum atomic E-state index is 12.9. The number of H-pyrrole nitrogens is 1. The molecule has 1 aliphatic heterocycles. The summed E-state index contributed by atoms with van der Waals surface area (Å²) in [6.45, 7) is 2.22. The van der Waals surface area contributed by atoms with Gasteiger partial charge in [0.2, 0.25) is 0 Å². The molecule has 0 aliphatic carbocycles. The van der Waals surface area contributed by atoms with Gasteiger partial charge in [0.25, 0.3) is 5.91 Å². The molecule has 0 saturated carbocycles. The minimum absolute atomic E-state index is 0.0123. The van der Waals surface area contributed by atoms with E-state index >= 15 is 0 Å². The molecule has 1 N–H and O–H groups in total. The second kappa shape index (κ2) is 7.09. The molecule has 1 fully saturated rings. The summed E-state index contributed by atoms with van der Waals surface area (Å²) in [5.41, 5.74) is 3.37. The molecule has 1 amide bonds.